The van der Waals surface area contributed by atoms with Crippen LogP contribution in [0.5, 0.6) is 0 Å². The fourth-order valence-electron chi connectivity index (χ4n) is 2.79. The van der Waals surface area contributed by atoms with Gasteiger partial charge in [-0.15, -0.1) is 0 Å². The maximum absolute atomic E-state index is 12.1. The normalized spacial score (nSPS) is 16.6. The second kappa shape index (κ2) is 4.59. The highest BCUT2D eigenvalue weighted by atomic mass is 16.2. The molecule has 1 unspecified atom stereocenters. The fourth-order valence-corrected chi connectivity index (χ4v) is 2.79. The highest BCUT2D eigenvalue weighted by molar-refractivity contribution is 6.00. The van der Waals surface area contributed by atoms with E-state index in [-0.39, 0.29) is 11.9 Å². The van der Waals surface area contributed by atoms with Crippen LogP contribution in [0.15, 0.2) is 60.7 Å². The number of hydrogen-bond acceptors (Lipinski definition) is 2. The topological polar surface area (TPSA) is 57.8 Å². The van der Waals surface area contributed by atoms with E-state index in [1.807, 2.05) is 60.7 Å². The number of carbonyl (C=O) groups excluding carboxylic acids is 1. The highest BCUT2D eigenvalue weighted by Crippen LogP contribution is 2.36. The summed E-state index contributed by atoms with van der Waals surface area (Å²) in [4.78, 5) is 12.1. The van der Waals surface area contributed by atoms with E-state index in [1.54, 1.807) is 0 Å². The summed E-state index contributed by atoms with van der Waals surface area (Å²) in [5.41, 5.74) is 4.38. The Morgan fingerprint density at radius 2 is 1.57 bits per heavy atom. The summed E-state index contributed by atoms with van der Waals surface area (Å²) in [5.74, 6) is -0.103. The smallest absolute Gasteiger partial charge is 0.270 e. The molecule has 3 aromatic rings. The molecular formula is C17H13N3O. The molecule has 1 atom stereocenters. The van der Waals surface area contributed by atoms with E-state index in [9.17, 15) is 4.79 Å². The molecular weight excluding hydrogens is 262 g/mol. The molecule has 1 aliphatic heterocycles. The average Bonchev–Trinajstić information content (AvgIpc) is 3.11. The summed E-state index contributed by atoms with van der Waals surface area (Å²) in [7, 11) is 0. The van der Waals surface area contributed by atoms with Crippen molar-refractivity contribution in [1.82, 2.24) is 15.5 Å². The summed E-state index contributed by atoms with van der Waals surface area (Å²) in [6.45, 7) is 0. The lowest BCUT2D eigenvalue weighted by Gasteiger charge is -2.13. The zero-order valence-electron chi connectivity index (χ0n) is 11.2. The van der Waals surface area contributed by atoms with Gasteiger partial charge < -0.3 is 5.32 Å². The van der Waals surface area contributed by atoms with Crippen LogP contribution in [0.1, 0.15) is 27.7 Å². The molecule has 2 N–H and O–H groups in total. The Morgan fingerprint density at radius 1 is 0.905 bits per heavy atom. The molecule has 0 radical (unpaired) electrons. The standard InChI is InChI=1S/C17H13N3O/c21-17-16-13(14(18-17)11-7-3-1-4-8-11)15(19-20-16)12-9-5-2-6-10-12/h1-10,14H,(H,18,21)(H,19,20). The molecule has 2 aromatic carbocycles. The molecule has 0 saturated heterocycles. The van der Waals surface area contributed by atoms with Crippen molar-refractivity contribution in [3.63, 3.8) is 0 Å². The molecule has 1 amide bonds. The molecule has 0 bridgehead atoms. The molecule has 4 heteroatoms. The van der Waals surface area contributed by atoms with Gasteiger partial charge in [0.2, 0.25) is 0 Å². The molecule has 0 fully saturated rings. The minimum absolute atomic E-state index is 0.103. The Hall–Kier alpha value is -2.88. The Bertz CT molecular complexity index is 793. The molecule has 0 aliphatic carbocycles. The number of aromatic amines is 1. The molecule has 4 rings (SSSR count). The largest absolute Gasteiger partial charge is 0.340 e. The second-order valence-electron chi connectivity index (χ2n) is 5.04. The number of benzene rings is 2. The van der Waals surface area contributed by atoms with Crippen molar-refractivity contribution in [2.24, 2.45) is 0 Å². The maximum atomic E-state index is 12.1. The fraction of sp³-hybridized carbons (Fsp3) is 0.0588. The Morgan fingerprint density at radius 3 is 2.29 bits per heavy atom. The molecule has 4 nitrogen and oxygen atoms in total. The third-order valence-electron chi connectivity index (χ3n) is 3.78. The zero-order valence-corrected chi connectivity index (χ0v) is 11.2. The quantitative estimate of drug-likeness (QED) is 0.755. The lowest BCUT2D eigenvalue weighted by atomic mass is 9.97. The number of nitrogens with one attached hydrogen (secondary N) is 2. The third-order valence-corrected chi connectivity index (χ3v) is 3.78. The van der Waals surface area contributed by atoms with Gasteiger partial charge in [-0.25, -0.2) is 0 Å². The summed E-state index contributed by atoms with van der Waals surface area (Å²) in [6.07, 6.45) is 0. The minimum Gasteiger partial charge on any atom is -0.340 e. The maximum Gasteiger partial charge on any atom is 0.270 e. The monoisotopic (exact) mass is 275 g/mol. The predicted octanol–water partition coefficient (Wildman–Crippen LogP) is 2.91. The first kappa shape index (κ1) is 11.9. The van der Waals surface area contributed by atoms with Crippen LogP contribution in [0.25, 0.3) is 11.3 Å². The van der Waals surface area contributed by atoms with E-state index in [4.69, 9.17) is 0 Å². The van der Waals surface area contributed by atoms with E-state index in [0.717, 1.165) is 22.4 Å². The number of hydrogen-bond donors (Lipinski definition) is 2. The van der Waals surface area contributed by atoms with Crippen LogP contribution in [-0.4, -0.2) is 16.1 Å². The first-order valence-electron chi connectivity index (χ1n) is 6.84. The van der Waals surface area contributed by atoms with Crippen LogP contribution in [0.3, 0.4) is 0 Å². The van der Waals surface area contributed by atoms with Gasteiger partial charge in [0.05, 0.1) is 11.7 Å². The SMILES string of the molecule is O=C1NC(c2ccccc2)c2c(-c3ccccc3)n[nH]c21. The number of carbonyl (C=O) groups is 1. The van der Waals surface area contributed by atoms with E-state index in [0.29, 0.717) is 5.69 Å². The van der Waals surface area contributed by atoms with Crippen LogP contribution >= 0.6 is 0 Å². The van der Waals surface area contributed by atoms with Gasteiger partial charge in [-0.1, -0.05) is 60.7 Å². The van der Waals surface area contributed by atoms with Crippen molar-refractivity contribution in [2.75, 3.05) is 0 Å². The molecule has 0 saturated carbocycles. The zero-order chi connectivity index (χ0) is 14.2. The van der Waals surface area contributed by atoms with Crippen molar-refractivity contribution < 1.29 is 4.79 Å². The summed E-state index contributed by atoms with van der Waals surface area (Å²) < 4.78 is 0. The molecule has 21 heavy (non-hydrogen) atoms. The van der Waals surface area contributed by atoms with Gasteiger partial charge in [0, 0.05) is 11.1 Å². The van der Waals surface area contributed by atoms with Gasteiger partial charge >= 0.3 is 0 Å². The van der Waals surface area contributed by atoms with Crippen LogP contribution in [0, 0.1) is 0 Å². The molecule has 1 aliphatic rings. The number of rotatable bonds is 2. The second-order valence-corrected chi connectivity index (χ2v) is 5.04. The van der Waals surface area contributed by atoms with Gasteiger partial charge in [0.25, 0.3) is 5.91 Å². The van der Waals surface area contributed by atoms with Crippen molar-refractivity contribution >= 4 is 5.91 Å². The van der Waals surface area contributed by atoms with Crippen molar-refractivity contribution in [3.05, 3.63) is 77.5 Å². The molecule has 102 valence electrons. The number of aromatic nitrogens is 2. The van der Waals surface area contributed by atoms with Gasteiger partial charge in [-0.2, -0.15) is 5.10 Å². The number of H-pyrrole nitrogens is 1. The first-order valence-corrected chi connectivity index (χ1v) is 6.84. The van der Waals surface area contributed by atoms with Crippen LogP contribution < -0.4 is 5.32 Å². The molecule has 0 spiro atoms. The van der Waals surface area contributed by atoms with Crippen LogP contribution in [-0.2, 0) is 0 Å². The third kappa shape index (κ3) is 1.84. The van der Waals surface area contributed by atoms with Gasteiger partial charge in [-0.05, 0) is 5.56 Å². The lowest BCUT2D eigenvalue weighted by molar-refractivity contribution is 0.0955. The Kier molecular flexibility index (Phi) is 2.60. The van der Waals surface area contributed by atoms with E-state index < -0.39 is 0 Å². The molecule has 2 heterocycles. The Labute approximate surface area is 121 Å². The van der Waals surface area contributed by atoms with Gasteiger partial charge in [0.15, 0.2) is 0 Å². The van der Waals surface area contributed by atoms with Gasteiger partial charge in [-0.3, -0.25) is 9.89 Å². The van der Waals surface area contributed by atoms with Crippen molar-refractivity contribution in [2.45, 2.75) is 6.04 Å². The Balaban J connectivity index is 1.88. The van der Waals surface area contributed by atoms with Crippen molar-refractivity contribution in [3.8, 4) is 11.3 Å². The first-order chi connectivity index (χ1) is 10.3. The van der Waals surface area contributed by atoms with E-state index in [1.165, 1.54) is 0 Å². The number of amides is 1. The highest BCUT2D eigenvalue weighted by Gasteiger charge is 2.35. The average molecular weight is 275 g/mol. The van der Waals surface area contributed by atoms with E-state index in [2.05, 4.69) is 15.5 Å². The van der Waals surface area contributed by atoms with E-state index >= 15 is 0 Å². The predicted molar refractivity (Wildman–Crippen MR) is 79.8 cm³/mol. The summed E-state index contributed by atoms with van der Waals surface area (Å²) >= 11 is 0. The summed E-state index contributed by atoms with van der Waals surface area (Å²) in [6, 6.07) is 19.7. The summed E-state index contributed by atoms with van der Waals surface area (Å²) in [5, 5.41) is 10.2. The minimum atomic E-state index is -0.150. The van der Waals surface area contributed by atoms with Gasteiger partial charge in [0.1, 0.15) is 5.69 Å². The van der Waals surface area contributed by atoms with Crippen LogP contribution in [0.2, 0.25) is 0 Å². The van der Waals surface area contributed by atoms with Crippen LogP contribution in [0.4, 0.5) is 0 Å². The number of fused-ring (bicyclic) bond motifs is 1. The lowest BCUT2D eigenvalue weighted by Crippen LogP contribution is -2.21. The molecule has 1 aromatic heterocycles. The number of nitrogens with zero attached hydrogens (tertiary/aromatic N) is 1. The van der Waals surface area contributed by atoms with Crippen molar-refractivity contribution in [1.29, 1.82) is 0 Å².